The maximum Gasteiger partial charge on any atom is 0.165 e. The fraction of sp³-hybridized carbons (Fsp3) is 0.500. The number of para-hydroxylation sites is 1. The summed E-state index contributed by atoms with van der Waals surface area (Å²) in [6.45, 7) is 1.38. The van der Waals surface area contributed by atoms with Crippen molar-refractivity contribution in [2.24, 2.45) is 11.7 Å². The average molecular weight is 225 g/mol. The number of rotatable bonds is 2. The molecule has 1 fully saturated rings. The van der Waals surface area contributed by atoms with E-state index in [0.717, 1.165) is 12.8 Å². The Morgan fingerprint density at radius 1 is 1.38 bits per heavy atom. The van der Waals surface area contributed by atoms with E-state index < -0.39 is 5.82 Å². The number of hydrogen-bond acceptors (Lipinski definition) is 3. The van der Waals surface area contributed by atoms with Crippen molar-refractivity contribution in [2.45, 2.75) is 18.9 Å². The highest BCUT2D eigenvalue weighted by molar-refractivity contribution is 5.36. The van der Waals surface area contributed by atoms with E-state index in [9.17, 15) is 9.50 Å². The molecule has 1 saturated heterocycles. The minimum absolute atomic E-state index is 0.251. The monoisotopic (exact) mass is 225 g/mol. The second kappa shape index (κ2) is 4.80. The lowest BCUT2D eigenvalue weighted by Gasteiger charge is -2.28. The van der Waals surface area contributed by atoms with Gasteiger partial charge >= 0.3 is 0 Å². The van der Waals surface area contributed by atoms with E-state index >= 15 is 0 Å². The third-order valence-electron chi connectivity index (χ3n) is 3.15. The molecule has 0 unspecified atom stereocenters. The van der Waals surface area contributed by atoms with E-state index in [4.69, 9.17) is 10.5 Å². The molecule has 1 aliphatic rings. The van der Waals surface area contributed by atoms with Crippen molar-refractivity contribution < 1.29 is 14.2 Å². The molecule has 16 heavy (non-hydrogen) atoms. The molecule has 2 rings (SSSR count). The first-order valence-corrected chi connectivity index (χ1v) is 5.51. The number of nitrogens with two attached hydrogens (primary N) is 1. The molecule has 0 saturated carbocycles. The SMILES string of the molecule is N[C@@H](c1cccc(F)c1O)C1CCOCC1. The molecule has 3 nitrogen and oxygen atoms in total. The fourth-order valence-corrected chi connectivity index (χ4v) is 2.13. The zero-order valence-electron chi connectivity index (χ0n) is 9.03. The number of benzene rings is 1. The van der Waals surface area contributed by atoms with Crippen LogP contribution in [0.2, 0.25) is 0 Å². The van der Waals surface area contributed by atoms with E-state index in [1.54, 1.807) is 12.1 Å². The van der Waals surface area contributed by atoms with Gasteiger partial charge in [-0.25, -0.2) is 4.39 Å². The summed E-state index contributed by atoms with van der Waals surface area (Å²) in [5.41, 5.74) is 6.55. The number of hydrogen-bond donors (Lipinski definition) is 2. The number of aromatic hydroxyl groups is 1. The van der Waals surface area contributed by atoms with E-state index in [1.165, 1.54) is 6.07 Å². The van der Waals surface area contributed by atoms with E-state index in [1.807, 2.05) is 0 Å². The number of phenols is 1. The fourth-order valence-electron chi connectivity index (χ4n) is 2.13. The lowest BCUT2D eigenvalue weighted by molar-refractivity contribution is 0.0580. The molecule has 4 heteroatoms. The predicted octanol–water partition coefficient (Wildman–Crippen LogP) is 1.96. The first-order valence-electron chi connectivity index (χ1n) is 5.51. The van der Waals surface area contributed by atoms with Crippen LogP contribution in [0.4, 0.5) is 4.39 Å². The van der Waals surface area contributed by atoms with Crippen LogP contribution in [0.15, 0.2) is 18.2 Å². The van der Waals surface area contributed by atoms with Gasteiger partial charge in [-0.2, -0.15) is 0 Å². The Bertz CT molecular complexity index is 364. The first-order chi connectivity index (χ1) is 7.70. The molecular formula is C12H16FNO2. The largest absolute Gasteiger partial charge is 0.505 e. The summed E-state index contributed by atoms with van der Waals surface area (Å²) in [6.07, 6.45) is 1.72. The molecule has 0 aromatic heterocycles. The molecule has 1 atom stereocenters. The van der Waals surface area contributed by atoms with Crippen molar-refractivity contribution >= 4 is 0 Å². The van der Waals surface area contributed by atoms with Gasteiger partial charge in [0, 0.05) is 24.8 Å². The Kier molecular flexibility index (Phi) is 3.41. The van der Waals surface area contributed by atoms with Crippen molar-refractivity contribution in [3.8, 4) is 5.75 Å². The van der Waals surface area contributed by atoms with Gasteiger partial charge < -0.3 is 15.6 Å². The first kappa shape index (κ1) is 11.4. The molecule has 3 N–H and O–H groups in total. The Labute approximate surface area is 94.0 Å². The van der Waals surface area contributed by atoms with Crippen LogP contribution >= 0.6 is 0 Å². The maximum atomic E-state index is 13.2. The van der Waals surface area contributed by atoms with Gasteiger partial charge in [-0.3, -0.25) is 0 Å². The molecule has 1 aromatic rings. The van der Waals surface area contributed by atoms with Gasteiger partial charge in [-0.05, 0) is 24.8 Å². The molecule has 1 aliphatic heterocycles. The zero-order chi connectivity index (χ0) is 11.5. The molecular weight excluding hydrogens is 209 g/mol. The van der Waals surface area contributed by atoms with Crippen LogP contribution in [0, 0.1) is 11.7 Å². The van der Waals surface area contributed by atoms with Crippen LogP contribution in [0.25, 0.3) is 0 Å². The standard InChI is InChI=1S/C12H16FNO2/c13-10-3-1-2-9(12(10)15)11(14)8-4-6-16-7-5-8/h1-3,8,11,15H,4-7,14H2/t11-/m1/s1. The average Bonchev–Trinajstić information content (AvgIpc) is 2.33. The Morgan fingerprint density at radius 2 is 2.06 bits per heavy atom. The summed E-state index contributed by atoms with van der Waals surface area (Å²) in [5.74, 6) is -0.678. The van der Waals surface area contributed by atoms with E-state index in [0.29, 0.717) is 18.8 Å². The lowest BCUT2D eigenvalue weighted by atomic mass is 9.87. The second-order valence-corrected chi connectivity index (χ2v) is 4.15. The molecule has 88 valence electrons. The van der Waals surface area contributed by atoms with Crippen molar-refractivity contribution in [1.29, 1.82) is 0 Å². The molecule has 0 radical (unpaired) electrons. The third-order valence-corrected chi connectivity index (χ3v) is 3.15. The van der Waals surface area contributed by atoms with Crippen molar-refractivity contribution in [3.63, 3.8) is 0 Å². The maximum absolute atomic E-state index is 13.2. The normalized spacial score (nSPS) is 19.6. The molecule has 0 aliphatic carbocycles. The van der Waals surface area contributed by atoms with Crippen molar-refractivity contribution in [3.05, 3.63) is 29.6 Å². The van der Waals surface area contributed by atoms with Crippen LogP contribution in [0.1, 0.15) is 24.4 Å². The van der Waals surface area contributed by atoms with E-state index in [-0.39, 0.29) is 17.7 Å². The molecule has 0 bridgehead atoms. The second-order valence-electron chi connectivity index (χ2n) is 4.15. The topological polar surface area (TPSA) is 55.5 Å². The van der Waals surface area contributed by atoms with Gasteiger partial charge in [0.15, 0.2) is 11.6 Å². The summed E-state index contributed by atoms with van der Waals surface area (Å²) in [4.78, 5) is 0. The van der Waals surface area contributed by atoms with Crippen LogP contribution in [0.5, 0.6) is 5.75 Å². The number of ether oxygens (including phenoxy) is 1. The lowest BCUT2D eigenvalue weighted by Crippen LogP contribution is -2.27. The van der Waals surface area contributed by atoms with Crippen LogP contribution in [0.3, 0.4) is 0 Å². The Balaban J connectivity index is 2.19. The highest BCUT2D eigenvalue weighted by atomic mass is 19.1. The Morgan fingerprint density at radius 3 is 2.75 bits per heavy atom. The molecule has 1 heterocycles. The zero-order valence-corrected chi connectivity index (χ0v) is 9.03. The van der Waals surface area contributed by atoms with Crippen LogP contribution in [-0.2, 0) is 4.74 Å². The molecule has 0 amide bonds. The summed E-state index contributed by atoms with van der Waals surface area (Å²) in [6, 6.07) is 4.16. The summed E-state index contributed by atoms with van der Waals surface area (Å²) >= 11 is 0. The third kappa shape index (κ3) is 2.18. The van der Waals surface area contributed by atoms with Crippen molar-refractivity contribution in [1.82, 2.24) is 0 Å². The van der Waals surface area contributed by atoms with Gasteiger partial charge in [0.25, 0.3) is 0 Å². The van der Waals surface area contributed by atoms with Gasteiger partial charge in [0.2, 0.25) is 0 Å². The van der Waals surface area contributed by atoms with E-state index in [2.05, 4.69) is 0 Å². The summed E-state index contributed by atoms with van der Waals surface area (Å²) in [7, 11) is 0. The predicted molar refractivity (Wildman–Crippen MR) is 58.5 cm³/mol. The van der Waals surface area contributed by atoms with Gasteiger partial charge in [-0.1, -0.05) is 12.1 Å². The molecule has 1 aromatic carbocycles. The van der Waals surface area contributed by atoms with Gasteiger partial charge in [0.1, 0.15) is 0 Å². The minimum Gasteiger partial charge on any atom is -0.505 e. The van der Waals surface area contributed by atoms with Gasteiger partial charge in [0.05, 0.1) is 0 Å². The van der Waals surface area contributed by atoms with Gasteiger partial charge in [-0.15, -0.1) is 0 Å². The van der Waals surface area contributed by atoms with Crippen LogP contribution in [-0.4, -0.2) is 18.3 Å². The van der Waals surface area contributed by atoms with Crippen LogP contribution < -0.4 is 5.73 Å². The smallest absolute Gasteiger partial charge is 0.165 e. The summed E-state index contributed by atoms with van der Waals surface area (Å²) < 4.78 is 18.4. The quantitative estimate of drug-likeness (QED) is 0.809. The highest BCUT2D eigenvalue weighted by Gasteiger charge is 2.24. The van der Waals surface area contributed by atoms with Crippen molar-refractivity contribution in [2.75, 3.05) is 13.2 Å². The summed E-state index contributed by atoms with van der Waals surface area (Å²) in [5, 5.41) is 9.61. The molecule has 0 spiro atoms. The Hall–Kier alpha value is -1.13. The highest BCUT2D eigenvalue weighted by Crippen LogP contribution is 2.33. The number of phenolic OH excluding ortho intramolecular Hbond substituents is 1. The minimum atomic E-state index is -0.611. The number of halogens is 1.